The monoisotopic (exact) mass is 376 g/mol. The number of pyridine rings is 1. The number of ether oxygens (including phenoxy) is 1. The Morgan fingerprint density at radius 2 is 2.12 bits per heavy atom. The molecule has 0 radical (unpaired) electrons. The number of carbonyl (C=O) groups is 1. The summed E-state index contributed by atoms with van der Waals surface area (Å²) in [5.74, 6) is -0.224. The molecule has 4 nitrogen and oxygen atoms in total. The molecule has 1 aromatic carbocycles. The quantitative estimate of drug-likeness (QED) is 0.640. The van der Waals surface area contributed by atoms with E-state index in [2.05, 4.69) is 10.3 Å². The Labute approximate surface area is 153 Å². The van der Waals surface area contributed by atoms with Crippen LogP contribution >= 0.6 is 22.9 Å². The average molecular weight is 377 g/mol. The van der Waals surface area contributed by atoms with Gasteiger partial charge >= 0.3 is 0 Å². The SMILES string of the molecule is Cc1ccc(C(=O)NCc2ccc(Oc3cccc(F)c3)s2)c(Cl)n1. The number of aryl methyl sites for hydroxylation is 1. The molecular weight excluding hydrogens is 363 g/mol. The molecule has 0 aliphatic heterocycles. The number of nitrogens with one attached hydrogen (secondary N) is 1. The van der Waals surface area contributed by atoms with Crippen LogP contribution in [0.1, 0.15) is 20.9 Å². The molecule has 2 aromatic heterocycles. The fourth-order valence-corrected chi connectivity index (χ4v) is 3.21. The lowest BCUT2D eigenvalue weighted by atomic mass is 10.2. The van der Waals surface area contributed by atoms with Crippen LogP contribution in [0.4, 0.5) is 4.39 Å². The molecule has 0 saturated heterocycles. The minimum Gasteiger partial charge on any atom is -0.447 e. The molecule has 0 aliphatic carbocycles. The van der Waals surface area contributed by atoms with Crippen molar-refractivity contribution in [2.24, 2.45) is 0 Å². The van der Waals surface area contributed by atoms with E-state index in [9.17, 15) is 9.18 Å². The van der Waals surface area contributed by atoms with E-state index < -0.39 is 0 Å². The number of aromatic nitrogens is 1. The van der Waals surface area contributed by atoms with Crippen LogP contribution in [-0.2, 0) is 6.54 Å². The van der Waals surface area contributed by atoms with Crippen molar-refractivity contribution in [2.75, 3.05) is 0 Å². The molecule has 7 heteroatoms. The van der Waals surface area contributed by atoms with Crippen LogP contribution in [0.15, 0.2) is 48.5 Å². The normalized spacial score (nSPS) is 10.5. The van der Waals surface area contributed by atoms with Crippen LogP contribution in [0.2, 0.25) is 5.15 Å². The molecule has 0 fully saturated rings. The van der Waals surface area contributed by atoms with E-state index in [-0.39, 0.29) is 16.9 Å². The van der Waals surface area contributed by atoms with E-state index >= 15 is 0 Å². The van der Waals surface area contributed by atoms with Gasteiger partial charge in [0, 0.05) is 16.6 Å². The second kappa shape index (κ2) is 7.63. The van der Waals surface area contributed by atoms with Gasteiger partial charge in [0.15, 0.2) is 5.06 Å². The lowest BCUT2D eigenvalue weighted by Crippen LogP contribution is -2.22. The number of carbonyl (C=O) groups excluding carboxylic acids is 1. The van der Waals surface area contributed by atoms with Crippen molar-refractivity contribution in [1.29, 1.82) is 0 Å². The van der Waals surface area contributed by atoms with Crippen LogP contribution < -0.4 is 10.1 Å². The summed E-state index contributed by atoms with van der Waals surface area (Å²) < 4.78 is 18.8. The second-order valence-corrected chi connectivity index (χ2v) is 6.74. The van der Waals surface area contributed by atoms with Gasteiger partial charge in [-0.3, -0.25) is 4.79 Å². The van der Waals surface area contributed by atoms with Crippen LogP contribution in [0, 0.1) is 12.7 Å². The molecule has 0 bridgehead atoms. The Bertz CT molecular complexity index is 914. The smallest absolute Gasteiger partial charge is 0.254 e. The van der Waals surface area contributed by atoms with Crippen molar-refractivity contribution in [2.45, 2.75) is 13.5 Å². The summed E-state index contributed by atoms with van der Waals surface area (Å²) in [4.78, 5) is 17.1. The van der Waals surface area contributed by atoms with Crippen LogP contribution in [-0.4, -0.2) is 10.9 Å². The summed E-state index contributed by atoms with van der Waals surface area (Å²) in [7, 11) is 0. The van der Waals surface area contributed by atoms with Gasteiger partial charge in [0.05, 0.1) is 12.1 Å². The Morgan fingerprint density at radius 1 is 1.28 bits per heavy atom. The molecule has 1 amide bonds. The number of hydrogen-bond acceptors (Lipinski definition) is 4. The maximum absolute atomic E-state index is 13.2. The first-order valence-corrected chi connectivity index (χ1v) is 8.64. The van der Waals surface area contributed by atoms with Gasteiger partial charge in [0.1, 0.15) is 16.7 Å². The standard InChI is InChI=1S/C18H14ClFN2O2S/c1-11-5-7-15(17(19)22-11)18(23)21-10-14-6-8-16(25-14)24-13-4-2-3-12(20)9-13/h2-9H,10H2,1H3,(H,21,23). The van der Waals surface area contributed by atoms with Gasteiger partial charge in [-0.2, -0.15) is 0 Å². The van der Waals surface area contributed by atoms with Crippen LogP contribution in [0.25, 0.3) is 0 Å². The predicted molar refractivity (Wildman–Crippen MR) is 95.9 cm³/mol. The molecule has 3 rings (SSSR count). The van der Waals surface area contributed by atoms with E-state index in [1.165, 1.54) is 23.5 Å². The molecule has 25 heavy (non-hydrogen) atoms. The highest BCUT2D eigenvalue weighted by atomic mass is 35.5. The van der Waals surface area contributed by atoms with Crippen molar-refractivity contribution in [3.05, 3.63) is 75.6 Å². The number of hydrogen-bond donors (Lipinski definition) is 1. The first kappa shape index (κ1) is 17.4. The van der Waals surface area contributed by atoms with E-state index in [1.54, 1.807) is 37.3 Å². The highest BCUT2D eigenvalue weighted by Gasteiger charge is 2.12. The van der Waals surface area contributed by atoms with Crippen molar-refractivity contribution < 1.29 is 13.9 Å². The first-order chi connectivity index (χ1) is 12.0. The maximum atomic E-state index is 13.2. The molecule has 0 spiro atoms. The van der Waals surface area contributed by atoms with Gasteiger partial charge in [-0.1, -0.05) is 17.7 Å². The Morgan fingerprint density at radius 3 is 2.88 bits per heavy atom. The zero-order chi connectivity index (χ0) is 17.8. The molecule has 1 N–H and O–H groups in total. The van der Waals surface area contributed by atoms with Gasteiger partial charge in [-0.05, 0) is 43.3 Å². The zero-order valence-electron chi connectivity index (χ0n) is 13.3. The molecule has 2 heterocycles. The van der Waals surface area contributed by atoms with Gasteiger partial charge < -0.3 is 10.1 Å². The van der Waals surface area contributed by atoms with Crippen molar-refractivity contribution >= 4 is 28.8 Å². The summed E-state index contributed by atoms with van der Waals surface area (Å²) in [6, 6.07) is 12.9. The lowest BCUT2D eigenvalue weighted by Gasteiger charge is -2.06. The van der Waals surface area contributed by atoms with Gasteiger partial charge in [0.25, 0.3) is 5.91 Å². The van der Waals surface area contributed by atoms with Gasteiger partial charge in [-0.25, -0.2) is 9.37 Å². The summed E-state index contributed by atoms with van der Waals surface area (Å²) in [6.45, 7) is 2.14. The fraction of sp³-hybridized carbons (Fsp3) is 0.111. The highest BCUT2D eigenvalue weighted by molar-refractivity contribution is 7.13. The molecule has 0 aliphatic rings. The molecular formula is C18H14ClFN2O2S. The topological polar surface area (TPSA) is 51.2 Å². The summed E-state index contributed by atoms with van der Waals surface area (Å²) in [5, 5.41) is 3.59. The zero-order valence-corrected chi connectivity index (χ0v) is 14.8. The minimum absolute atomic E-state index is 0.179. The number of halogens is 2. The maximum Gasteiger partial charge on any atom is 0.254 e. The number of nitrogens with zero attached hydrogens (tertiary/aromatic N) is 1. The van der Waals surface area contributed by atoms with Gasteiger partial charge in [0.2, 0.25) is 0 Å². The van der Waals surface area contributed by atoms with Crippen molar-refractivity contribution in [3.8, 4) is 10.8 Å². The molecule has 0 atom stereocenters. The van der Waals surface area contributed by atoms with E-state index in [0.717, 1.165) is 10.6 Å². The van der Waals surface area contributed by atoms with Crippen molar-refractivity contribution in [3.63, 3.8) is 0 Å². The molecule has 0 saturated carbocycles. The first-order valence-electron chi connectivity index (χ1n) is 7.45. The predicted octanol–water partition coefficient (Wildman–Crippen LogP) is 4.97. The summed E-state index contributed by atoms with van der Waals surface area (Å²) >= 11 is 7.36. The van der Waals surface area contributed by atoms with Crippen LogP contribution in [0.5, 0.6) is 10.8 Å². The minimum atomic E-state index is -0.356. The van der Waals surface area contributed by atoms with Crippen LogP contribution in [0.3, 0.4) is 0 Å². The average Bonchev–Trinajstić information content (AvgIpc) is 3.00. The number of amides is 1. The van der Waals surface area contributed by atoms with Crippen molar-refractivity contribution in [1.82, 2.24) is 10.3 Å². The Balaban J connectivity index is 1.60. The largest absolute Gasteiger partial charge is 0.447 e. The number of rotatable bonds is 5. The molecule has 0 unspecified atom stereocenters. The summed E-state index contributed by atoms with van der Waals surface area (Å²) in [6.07, 6.45) is 0. The third-order valence-corrected chi connectivity index (χ3v) is 4.56. The fourth-order valence-electron chi connectivity index (χ4n) is 2.11. The summed E-state index contributed by atoms with van der Waals surface area (Å²) in [5.41, 5.74) is 1.08. The highest BCUT2D eigenvalue weighted by Crippen LogP contribution is 2.29. The van der Waals surface area contributed by atoms with Gasteiger partial charge in [-0.15, -0.1) is 11.3 Å². The van der Waals surface area contributed by atoms with E-state index in [1.807, 2.05) is 6.07 Å². The van der Waals surface area contributed by atoms with E-state index in [0.29, 0.717) is 22.9 Å². The second-order valence-electron chi connectivity index (χ2n) is 5.25. The number of thiophene rings is 1. The third-order valence-electron chi connectivity index (χ3n) is 3.31. The lowest BCUT2D eigenvalue weighted by molar-refractivity contribution is 0.0951. The Hall–Kier alpha value is -2.44. The third kappa shape index (κ3) is 4.55. The Kier molecular flexibility index (Phi) is 5.31. The number of benzene rings is 1. The molecule has 3 aromatic rings. The van der Waals surface area contributed by atoms with E-state index in [4.69, 9.17) is 16.3 Å². The molecule has 128 valence electrons.